The second kappa shape index (κ2) is 8.16. The van der Waals surface area contributed by atoms with Gasteiger partial charge in [0, 0.05) is 18.5 Å². The first-order valence-electron chi connectivity index (χ1n) is 9.60. The predicted octanol–water partition coefficient (Wildman–Crippen LogP) is 4.16. The number of carboxylic acid groups (broad SMARTS) is 1. The van der Waals surface area contributed by atoms with E-state index in [2.05, 4.69) is 39.6 Å². The van der Waals surface area contributed by atoms with Crippen LogP contribution in [-0.2, 0) is 11.8 Å². The summed E-state index contributed by atoms with van der Waals surface area (Å²) in [6.07, 6.45) is 7.10. The molecule has 0 fully saturated rings. The molecule has 0 aliphatic carbocycles. The standard InChI is InChI=1S/C23H21N5O2/c1-3-19(21-14-25-27-28(21)2)23(17-9-10-20-18(12-17)13-24-26-20)16-7-4-15(5-8-16)6-11-22(29)30/h4-14H,3H2,1-2H3,(H,24,26)(H,29,30). The molecule has 0 bridgehead atoms. The number of aromatic nitrogens is 5. The van der Waals surface area contributed by atoms with Crippen LogP contribution >= 0.6 is 0 Å². The number of aryl methyl sites for hydroxylation is 1. The largest absolute Gasteiger partial charge is 0.478 e. The monoisotopic (exact) mass is 399 g/mol. The maximum Gasteiger partial charge on any atom is 0.328 e. The molecule has 2 N–H and O–H groups in total. The van der Waals surface area contributed by atoms with E-state index in [0.29, 0.717) is 0 Å². The Morgan fingerprint density at radius 3 is 2.57 bits per heavy atom. The fraction of sp³-hybridized carbons (Fsp3) is 0.130. The first kappa shape index (κ1) is 19.3. The predicted molar refractivity (Wildman–Crippen MR) is 116 cm³/mol. The lowest BCUT2D eigenvalue weighted by Crippen LogP contribution is -2.01. The smallest absolute Gasteiger partial charge is 0.328 e. The van der Waals surface area contributed by atoms with Crippen molar-refractivity contribution >= 4 is 34.1 Å². The van der Waals surface area contributed by atoms with Gasteiger partial charge in [0.2, 0.25) is 0 Å². The average Bonchev–Trinajstić information content (AvgIpc) is 3.39. The van der Waals surface area contributed by atoms with Gasteiger partial charge in [-0.25, -0.2) is 9.48 Å². The maximum absolute atomic E-state index is 10.8. The highest BCUT2D eigenvalue weighted by Crippen LogP contribution is 2.35. The molecular weight excluding hydrogens is 378 g/mol. The Morgan fingerprint density at radius 2 is 1.90 bits per heavy atom. The number of hydrogen-bond acceptors (Lipinski definition) is 4. The number of benzene rings is 2. The zero-order valence-corrected chi connectivity index (χ0v) is 16.7. The number of rotatable bonds is 6. The Balaban J connectivity index is 1.90. The lowest BCUT2D eigenvalue weighted by atomic mass is 9.89. The number of aromatic amines is 1. The number of allylic oxidation sites excluding steroid dienone is 1. The molecule has 0 atom stereocenters. The molecule has 0 aliphatic rings. The molecule has 4 aromatic rings. The number of carbonyl (C=O) groups is 1. The second-order valence-electron chi connectivity index (χ2n) is 6.92. The third-order valence-electron chi connectivity index (χ3n) is 5.03. The normalized spacial score (nSPS) is 12.5. The van der Waals surface area contributed by atoms with Crippen LogP contribution in [0, 0.1) is 0 Å². The van der Waals surface area contributed by atoms with Crippen LogP contribution in [0.5, 0.6) is 0 Å². The molecule has 0 unspecified atom stereocenters. The number of nitrogens with zero attached hydrogens (tertiary/aromatic N) is 4. The van der Waals surface area contributed by atoms with Gasteiger partial charge in [-0.3, -0.25) is 5.10 Å². The molecule has 7 nitrogen and oxygen atoms in total. The van der Waals surface area contributed by atoms with Crippen molar-refractivity contribution in [1.82, 2.24) is 25.2 Å². The quantitative estimate of drug-likeness (QED) is 0.475. The van der Waals surface area contributed by atoms with Crippen molar-refractivity contribution < 1.29 is 9.90 Å². The van der Waals surface area contributed by atoms with Crippen LogP contribution in [-0.4, -0.2) is 36.3 Å². The summed E-state index contributed by atoms with van der Waals surface area (Å²) in [5.41, 5.74) is 7.06. The van der Waals surface area contributed by atoms with Gasteiger partial charge in [0.1, 0.15) is 0 Å². The van der Waals surface area contributed by atoms with Crippen LogP contribution in [0.4, 0.5) is 0 Å². The van der Waals surface area contributed by atoms with Crippen LogP contribution < -0.4 is 0 Å². The van der Waals surface area contributed by atoms with Gasteiger partial charge in [-0.2, -0.15) is 5.10 Å². The summed E-state index contributed by atoms with van der Waals surface area (Å²) < 4.78 is 1.78. The lowest BCUT2D eigenvalue weighted by Gasteiger charge is -2.16. The first-order valence-corrected chi connectivity index (χ1v) is 9.60. The highest BCUT2D eigenvalue weighted by atomic mass is 16.4. The van der Waals surface area contributed by atoms with E-state index in [1.54, 1.807) is 17.0 Å². The highest BCUT2D eigenvalue weighted by molar-refractivity contribution is 6.00. The van der Waals surface area contributed by atoms with Gasteiger partial charge in [0.15, 0.2) is 0 Å². The third-order valence-corrected chi connectivity index (χ3v) is 5.03. The van der Waals surface area contributed by atoms with E-state index >= 15 is 0 Å². The number of carboxylic acids is 1. The lowest BCUT2D eigenvalue weighted by molar-refractivity contribution is -0.131. The summed E-state index contributed by atoms with van der Waals surface area (Å²) in [7, 11) is 1.88. The molecule has 7 heteroatoms. The van der Waals surface area contributed by atoms with Gasteiger partial charge in [0.25, 0.3) is 0 Å². The Morgan fingerprint density at radius 1 is 1.13 bits per heavy atom. The highest BCUT2D eigenvalue weighted by Gasteiger charge is 2.16. The Kier molecular flexibility index (Phi) is 5.26. The van der Waals surface area contributed by atoms with Gasteiger partial charge in [-0.1, -0.05) is 42.5 Å². The Hall–Kier alpha value is -4.00. The van der Waals surface area contributed by atoms with Crippen molar-refractivity contribution in [3.63, 3.8) is 0 Å². The molecule has 0 aliphatic heterocycles. The van der Waals surface area contributed by atoms with Crippen LogP contribution in [0.15, 0.2) is 60.9 Å². The number of hydrogen-bond donors (Lipinski definition) is 2. The number of fused-ring (bicyclic) bond motifs is 1. The molecule has 0 radical (unpaired) electrons. The zero-order chi connectivity index (χ0) is 21.1. The van der Waals surface area contributed by atoms with Gasteiger partial charge in [-0.05, 0) is 52.5 Å². The van der Waals surface area contributed by atoms with Crippen molar-refractivity contribution in [2.24, 2.45) is 7.05 Å². The number of nitrogens with one attached hydrogen (secondary N) is 1. The van der Waals surface area contributed by atoms with E-state index in [9.17, 15) is 4.79 Å². The Bertz CT molecular complexity index is 1260. The summed E-state index contributed by atoms with van der Waals surface area (Å²) in [5.74, 6) is -0.968. The van der Waals surface area contributed by atoms with E-state index in [0.717, 1.165) is 56.9 Å². The zero-order valence-electron chi connectivity index (χ0n) is 16.7. The molecule has 0 saturated carbocycles. The van der Waals surface area contributed by atoms with Crippen molar-refractivity contribution in [3.8, 4) is 0 Å². The first-order chi connectivity index (χ1) is 14.6. The topological polar surface area (TPSA) is 96.7 Å². The van der Waals surface area contributed by atoms with E-state index < -0.39 is 5.97 Å². The number of aliphatic carboxylic acids is 1. The van der Waals surface area contributed by atoms with E-state index in [1.807, 2.05) is 43.6 Å². The second-order valence-corrected chi connectivity index (χ2v) is 6.92. The molecule has 2 heterocycles. The fourth-order valence-electron chi connectivity index (χ4n) is 3.59. The van der Waals surface area contributed by atoms with Crippen LogP contribution in [0.2, 0.25) is 0 Å². The summed E-state index contributed by atoms with van der Waals surface area (Å²) in [6, 6.07) is 14.1. The van der Waals surface area contributed by atoms with Crippen LogP contribution in [0.1, 0.15) is 35.7 Å². The minimum atomic E-state index is -0.968. The van der Waals surface area contributed by atoms with Crippen molar-refractivity contribution in [2.75, 3.05) is 0 Å². The van der Waals surface area contributed by atoms with E-state index in [4.69, 9.17) is 5.11 Å². The SMILES string of the molecule is CCC(=C(c1ccc(C=CC(=O)O)cc1)c1ccc2[nH]ncc2c1)c1cnnn1C. The molecule has 0 amide bonds. The molecule has 150 valence electrons. The summed E-state index contributed by atoms with van der Waals surface area (Å²) in [6.45, 7) is 2.11. The van der Waals surface area contributed by atoms with Gasteiger partial charge < -0.3 is 5.11 Å². The summed E-state index contributed by atoms with van der Waals surface area (Å²) >= 11 is 0. The molecule has 0 spiro atoms. The maximum atomic E-state index is 10.8. The molecule has 2 aromatic carbocycles. The van der Waals surface area contributed by atoms with Crippen molar-refractivity contribution in [2.45, 2.75) is 13.3 Å². The Labute approximate surface area is 173 Å². The van der Waals surface area contributed by atoms with E-state index in [1.165, 1.54) is 0 Å². The molecular formula is C23H21N5O2. The summed E-state index contributed by atoms with van der Waals surface area (Å²) in [4.78, 5) is 10.8. The average molecular weight is 399 g/mol. The minimum Gasteiger partial charge on any atom is -0.478 e. The molecule has 2 aromatic heterocycles. The molecule has 30 heavy (non-hydrogen) atoms. The van der Waals surface area contributed by atoms with Gasteiger partial charge in [-0.15, -0.1) is 5.10 Å². The van der Waals surface area contributed by atoms with Crippen LogP contribution in [0.25, 0.3) is 28.1 Å². The molecule has 4 rings (SSSR count). The summed E-state index contributed by atoms with van der Waals surface area (Å²) in [5, 5.41) is 25.2. The van der Waals surface area contributed by atoms with Crippen molar-refractivity contribution in [1.29, 1.82) is 0 Å². The molecule has 0 saturated heterocycles. The van der Waals surface area contributed by atoms with Crippen molar-refractivity contribution in [3.05, 3.63) is 83.3 Å². The fourth-order valence-corrected chi connectivity index (χ4v) is 3.59. The third kappa shape index (κ3) is 3.77. The van der Waals surface area contributed by atoms with Gasteiger partial charge >= 0.3 is 5.97 Å². The van der Waals surface area contributed by atoms with E-state index in [-0.39, 0.29) is 0 Å². The van der Waals surface area contributed by atoms with Crippen LogP contribution in [0.3, 0.4) is 0 Å². The van der Waals surface area contributed by atoms with Gasteiger partial charge in [0.05, 0.1) is 23.6 Å². The number of H-pyrrole nitrogens is 1. The minimum absolute atomic E-state index is 0.792.